The fourth-order valence-electron chi connectivity index (χ4n) is 4.58. The molecule has 3 aliphatic rings. The maximum atomic E-state index is 12.7. The van der Waals surface area contributed by atoms with Crippen LogP contribution >= 0.6 is 0 Å². The molecule has 8 heteroatoms. The number of sulfonamides is 1. The van der Waals surface area contributed by atoms with Crippen LogP contribution in [-0.4, -0.2) is 79.3 Å². The molecule has 150 valence electrons. The lowest BCUT2D eigenvalue weighted by molar-refractivity contribution is 0.0327. The highest BCUT2D eigenvalue weighted by molar-refractivity contribution is 7.89. The molecule has 0 aromatic carbocycles. The summed E-state index contributed by atoms with van der Waals surface area (Å²) in [6.07, 6.45) is 5.97. The van der Waals surface area contributed by atoms with Crippen LogP contribution in [-0.2, 0) is 14.8 Å². The van der Waals surface area contributed by atoms with E-state index >= 15 is 0 Å². The Bertz CT molecular complexity index is 727. The largest absolute Gasteiger partial charge is 0.393 e. The van der Waals surface area contributed by atoms with Gasteiger partial charge in [-0.2, -0.15) is 4.31 Å². The molecule has 3 fully saturated rings. The topological polar surface area (TPSA) is 83.0 Å². The average molecular weight is 396 g/mol. The maximum Gasteiger partial charge on any atom is 0.260 e. The molecule has 0 saturated carbocycles. The van der Waals surface area contributed by atoms with Crippen molar-refractivity contribution < 1.29 is 18.3 Å². The molecular weight excluding hydrogens is 366 g/mol. The molecule has 1 N–H and O–H groups in total. The van der Waals surface area contributed by atoms with Gasteiger partial charge in [-0.3, -0.25) is 0 Å². The number of aliphatic hydroxyl groups excluding tert-OH is 1. The van der Waals surface area contributed by atoms with E-state index in [4.69, 9.17) is 4.74 Å². The summed E-state index contributed by atoms with van der Waals surface area (Å²) in [6.45, 7) is 4.58. The predicted molar refractivity (Wildman–Crippen MR) is 101 cm³/mol. The third-order valence-electron chi connectivity index (χ3n) is 6.33. The highest BCUT2D eigenvalue weighted by Gasteiger charge is 2.45. The van der Waals surface area contributed by atoms with Gasteiger partial charge < -0.3 is 14.7 Å². The Morgan fingerprint density at radius 3 is 2.59 bits per heavy atom. The van der Waals surface area contributed by atoms with E-state index in [2.05, 4.69) is 9.88 Å². The van der Waals surface area contributed by atoms with E-state index in [0.717, 1.165) is 58.3 Å². The van der Waals surface area contributed by atoms with E-state index in [1.807, 2.05) is 0 Å². The van der Waals surface area contributed by atoms with Crippen molar-refractivity contribution >= 4 is 10.0 Å². The molecule has 27 heavy (non-hydrogen) atoms. The van der Waals surface area contributed by atoms with Gasteiger partial charge in [-0.25, -0.2) is 13.4 Å². The summed E-state index contributed by atoms with van der Waals surface area (Å²) in [5.74, 6) is 0. The number of hydrogen-bond acceptors (Lipinski definition) is 6. The second-order valence-electron chi connectivity index (χ2n) is 8.24. The summed E-state index contributed by atoms with van der Waals surface area (Å²) in [7, 11) is -3.50. The zero-order valence-electron chi connectivity index (χ0n) is 15.7. The Hall–Kier alpha value is -1.06. The number of piperidine rings is 2. The number of pyridine rings is 1. The van der Waals surface area contributed by atoms with Crippen molar-refractivity contribution in [1.29, 1.82) is 0 Å². The number of nitrogens with zero attached hydrogens (tertiary/aromatic N) is 3. The van der Waals surface area contributed by atoms with Crippen molar-refractivity contribution in [3.8, 4) is 0 Å². The van der Waals surface area contributed by atoms with Crippen LogP contribution in [0.1, 0.15) is 32.1 Å². The summed E-state index contributed by atoms with van der Waals surface area (Å²) >= 11 is 0. The predicted octanol–water partition coefficient (Wildman–Crippen LogP) is 1.10. The second-order valence-corrected chi connectivity index (χ2v) is 10.1. The zero-order valence-corrected chi connectivity index (χ0v) is 16.5. The van der Waals surface area contributed by atoms with Crippen LogP contribution in [0.15, 0.2) is 29.4 Å². The maximum absolute atomic E-state index is 12.7. The van der Waals surface area contributed by atoms with Crippen molar-refractivity contribution in [2.45, 2.75) is 49.3 Å². The summed E-state index contributed by atoms with van der Waals surface area (Å²) in [5.41, 5.74) is 0.107. The number of aliphatic hydroxyl groups is 1. The Labute approximate surface area is 161 Å². The van der Waals surface area contributed by atoms with Crippen LogP contribution in [0.3, 0.4) is 0 Å². The van der Waals surface area contributed by atoms with Gasteiger partial charge in [0.05, 0.1) is 18.8 Å². The Morgan fingerprint density at radius 2 is 1.93 bits per heavy atom. The van der Waals surface area contributed by atoms with Crippen LogP contribution in [0.2, 0.25) is 0 Å². The van der Waals surface area contributed by atoms with Gasteiger partial charge in [0.15, 0.2) is 5.03 Å². The highest BCUT2D eigenvalue weighted by atomic mass is 32.2. The molecule has 0 unspecified atom stereocenters. The smallest absolute Gasteiger partial charge is 0.260 e. The first-order chi connectivity index (χ1) is 13.0. The van der Waals surface area contributed by atoms with Gasteiger partial charge in [-0.15, -0.1) is 0 Å². The summed E-state index contributed by atoms with van der Waals surface area (Å²) in [5, 5.41) is 9.78. The zero-order chi connectivity index (χ0) is 18.9. The van der Waals surface area contributed by atoms with Crippen LogP contribution in [0.5, 0.6) is 0 Å². The summed E-state index contributed by atoms with van der Waals surface area (Å²) in [6, 6.07) is 4.99. The minimum absolute atomic E-state index is 0.107. The van der Waals surface area contributed by atoms with Gasteiger partial charge in [0, 0.05) is 38.9 Å². The molecule has 0 radical (unpaired) electrons. The normalized spacial score (nSPS) is 28.0. The summed E-state index contributed by atoms with van der Waals surface area (Å²) < 4.78 is 33.2. The number of aromatic nitrogens is 1. The van der Waals surface area contributed by atoms with Crippen molar-refractivity contribution in [3.05, 3.63) is 24.4 Å². The Kier molecular flexibility index (Phi) is 5.53. The van der Waals surface area contributed by atoms with Gasteiger partial charge >= 0.3 is 0 Å². The third-order valence-corrected chi connectivity index (χ3v) is 8.14. The number of rotatable bonds is 4. The van der Waals surface area contributed by atoms with Crippen molar-refractivity contribution in [1.82, 2.24) is 14.2 Å². The second kappa shape index (κ2) is 7.75. The van der Waals surface area contributed by atoms with E-state index < -0.39 is 10.0 Å². The lowest BCUT2D eigenvalue weighted by atomic mass is 9.77. The SMILES string of the molecule is O=S(=O)(c1ccccn1)N1CCC2(CC1)CO[C@H](CN1CCC(O)CC1)C2. The van der Waals surface area contributed by atoms with Crippen LogP contribution in [0, 0.1) is 5.41 Å². The van der Waals surface area contributed by atoms with E-state index in [1.165, 1.54) is 6.20 Å². The molecule has 1 atom stereocenters. The molecule has 1 spiro atoms. The minimum atomic E-state index is -3.50. The number of hydrogen-bond donors (Lipinski definition) is 1. The quantitative estimate of drug-likeness (QED) is 0.822. The first kappa shape index (κ1) is 19.3. The molecule has 0 aliphatic carbocycles. The summed E-state index contributed by atoms with van der Waals surface area (Å²) in [4.78, 5) is 6.41. The molecule has 0 amide bonds. The fraction of sp³-hybridized carbons (Fsp3) is 0.737. The molecular formula is C19H29N3O4S. The molecule has 0 bridgehead atoms. The van der Waals surface area contributed by atoms with Gasteiger partial charge in [0.1, 0.15) is 0 Å². The Balaban J connectivity index is 1.31. The third kappa shape index (κ3) is 4.19. The standard InChI is InChI=1S/C19H29N3O4S/c23-16-4-9-21(10-5-16)14-17-13-19(15-26-17)6-11-22(12-7-19)27(24,25)18-3-1-2-8-20-18/h1-3,8,16-17,23H,4-7,9-15H2/t17-/m0/s1. The monoisotopic (exact) mass is 395 g/mol. The minimum Gasteiger partial charge on any atom is -0.393 e. The van der Waals surface area contributed by atoms with Crippen LogP contribution in [0.25, 0.3) is 0 Å². The molecule has 4 heterocycles. The lowest BCUT2D eigenvalue weighted by Gasteiger charge is -2.37. The molecule has 1 aromatic heterocycles. The highest BCUT2D eigenvalue weighted by Crippen LogP contribution is 2.43. The first-order valence-electron chi connectivity index (χ1n) is 9.90. The van der Waals surface area contributed by atoms with Gasteiger partial charge in [0.25, 0.3) is 10.0 Å². The van der Waals surface area contributed by atoms with E-state index in [0.29, 0.717) is 13.1 Å². The first-order valence-corrected chi connectivity index (χ1v) is 11.3. The van der Waals surface area contributed by atoms with Gasteiger partial charge in [-0.1, -0.05) is 6.07 Å². The Morgan fingerprint density at radius 1 is 1.19 bits per heavy atom. The van der Waals surface area contributed by atoms with Crippen molar-refractivity contribution in [2.75, 3.05) is 39.3 Å². The van der Waals surface area contributed by atoms with E-state index in [9.17, 15) is 13.5 Å². The number of likely N-dealkylation sites (tertiary alicyclic amines) is 1. The van der Waals surface area contributed by atoms with E-state index in [1.54, 1.807) is 22.5 Å². The number of ether oxygens (including phenoxy) is 1. The van der Waals surface area contributed by atoms with Crippen molar-refractivity contribution in [2.24, 2.45) is 5.41 Å². The average Bonchev–Trinajstić information content (AvgIpc) is 3.07. The molecule has 7 nitrogen and oxygen atoms in total. The molecule has 3 aliphatic heterocycles. The van der Waals surface area contributed by atoms with Gasteiger partial charge in [-0.05, 0) is 49.7 Å². The molecule has 1 aromatic rings. The van der Waals surface area contributed by atoms with Gasteiger partial charge in [0.2, 0.25) is 0 Å². The van der Waals surface area contributed by atoms with Crippen molar-refractivity contribution in [3.63, 3.8) is 0 Å². The van der Waals surface area contributed by atoms with Crippen LogP contribution < -0.4 is 0 Å². The van der Waals surface area contributed by atoms with E-state index in [-0.39, 0.29) is 22.6 Å². The molecule has 4 rings (SSSR count). The lowest BCUT2D eigenvalue weighted by Crippen LogP contribution is -2.44. The fourth-order valence-corrected chi connectivity index (χ4v) is 5.96. The molecule has 3 saturated heterocycles. The van der Waals surface area contributed by atoms with Crippen LogP contribution in [0.4, 0.5) is 0 Å².